The summed E-state index contributed by atoms with van der Waals surface area (Å²) in [5.74, 6) is -0.149. The van der Waals surface area contributed by atoms with Crippen molar-refractivity contribution in [3.05, 3.63) is 70.7 Å². The Morgan fingerprint density at radius 2 is 1.73 bits per heavy atom. The number of hydrogen-bond donors (Lipinski definition) is 2. The van der Waals surface area contributed by atoms with Crippen molar-refractivity contribution < 1.29 is 13.2 Å². The van der Waals surface area contributed by atoms with Crippen molar-refractivity contribution in [3.8, 4) is 0 Å². The topological polar surface area (TPSA) is 101 Å². The van der Waals surface area contributed by atoms with E-state index in [0.29, 0.717) is 18.0 Å². The maximum Gasteiger partial charge on any atom is 0.240 e. The number of amides is 1. The van der Waals surface area contributed by atoms with Gasteiger partial charge < -0.3 is 5.32 Å². The summed E-state index contributed by atoms with van der Waals surface area (Å²) in [6.07, 6.45) is 3.26. The van der Waals surface area contributed by atoms with Crippen LogP contribution in [-0.4, -0.2) is 30.6 Å². The van der Waals surface area contributed by atoms with Crippen LogP contribution in [0, 0.1) is 0 Å². The van der Waals surface area contributed by atoms with Gasteiger partial charge in [0, 0.05) is 18.9 Å². The number of anilines is 1. The van der Waals surface area contributed by atoms with Crippen molar-refractivity contribution in [3.63, 3.8) is 0 Å². The lowest BCUT2D eigenvalue weighted by atomic mass is 10.1. The van der Waals surface area contributed by atoms with Gasteiger partial charge in [-0.1, -0.05) is 53.8 Å². The number of aryl methyl sites for hydroxylation is 1. The monoisotopic (exact) mass is 442 g/mol. The van der Waals surface area contributed by atoms with Crippen molar-refractivity contribution in [2.24, 2.45) is 0 Å². The van der Waals surface area contributed by atoms with E-state index >= 15 is 0 Å². The Kier molecular flexibility index (Phi) is 6.21. The summed E-state index contributed by atoms with van der Waals surface area (Å²) in [6.45, 7) is 0. The van der Waals surface area contributed by atoms with Crippen molar-refractivity contribution in [2.45, 2.75) is 43.0 Å². The molecule has 0 bridgehead atoms. The van der Waals surface area contributed by atoms with Crippen LogP contribution >= 0.6 is 11.3 Å². The Morgan fingerprint density at radius 1 is 1.00 bits per heavy atom. The van der Waals surface area contributed by atoms with Crippen LogP contribution in [0.1, 0.15) is 35.4 Å². The molecular formula is C21H22N4O3S2. The molecule has 0 aliphatic heterocycles. The SMILES string of the molecule is O=C(CCc1ccc(S(=O)(=O)NC2CC2)cc1)Nc1nnc(Cc2ccccc2)s1. The molecule has 7 nitrogen and oxygen atoms in total. The Labute approximate surface area is 179 Å². The highest BCUT2D eigenvalue weighted by Crippen LogP contribution is 2.22. The summed E-state index contributed by atoms with van der Waals surface area (Å²) >= 11 is 1.36. The molecule has 0 unspecified atom stereocenters. The van der Waals surface area contributed by atoms with Crippen molar-refractivity contribution in [1.82, 2.24) is 14.9 Å². The minimum absolute atomic E-state index is 0.0759. The molecular weight excluding hydrogens is 420 g/mol. The smallest absolute Gasteiger partial charge is 0.240 e. The van der Waals surface area contributed by atoms with E-state index in [1.54, 1.807) is 24.3 Å². The molecule has 2 aromatic carbocycles. The third-order valence-corrected chi connectivity index (χ3v) is 7.06. The van der Waals surface area contributed by atoms with Gasteiger partial charge in [0.2, 0.25) is 21.1 Å². The molecule has 156 valence electrons. The van der Waals surface area contributed by atoms with Gasteiger partial charge in [0.05, 0.1) is 4.90 Å². The predicted octanol–water partition coefficient (Wildman–Crippen LogP) is 3.14. The molecule has 0 atom stereocenters. The average molecular weight is 443 g/mol. The fourth-order valence-electron chi connectivity index (χ4n) is 2.91. The Bertz CT molecular complexity index is 1110. The highest BCUT2D eigenvalue weighted by atomic mass is 32.2. The van der Waals surface area contributed by atoms with Gasteiger partial charge in [-0.25, -0.2) is 13.1 Å². The number of rotatable bonds is 9. The molecule has 2 N–H and O–H groups in total. The van der Waals surface area contributed by atoms with Crippen LogP contribution in [0.25, 0.3) is 0 Å². The number of carbonyl (C=O) groups is 1. The summed E-state index contributed by atoms with van der Waals surface area (Å²) in [6, 6.07) is 16.7. The fourth-order valence-corrected chi connectivity index (χ4v) is 5.00. The van der Waals surface area contributed by atoms with E-state index in [1.165, 1.54) is 11.3 Å². The lowest BCUT2D eigenvalue weighted by Crippen LogP contribution is -2.25. The van der Waals surface area contributed by atoms with Crippen LogP contribution in [0.2, 0.25) is 0 Å². The highest BCUT2D eigenvalue weighted by molar-refractivity contribution is 7.89. The first-order valence-electron chi connectivity index (χ1n) is 9.75. The lowest BCUT2D eigenvalue weighted by Gasteiger charge is -2.07. The summed E-state index contributed by atoms with van der Waals surface area (Å²) in [4.78, 5) is 12.5. The zero-order valence-corrected chi connectivity index (χ0v) is 17.9. The van der Waals surface area contributed by atoms with Gasteiger partial charge in [-0.15, -0.1) is 10.2 Å². The summed E-state index contributed by atoms with van der Waals surface area (Å²) < 4.78 is 27.0. The Hall–Kier alpha value is -2.62. The molecule has 0 saturated heterocycles. The van der Waals surface area contributed by atoms with Crippen LogP contribution in [0.5, 0.6) is 0 Å². The van der Waals surface area contributed by atoms with Gasteiger partial charge in [-0.2, -0.15) is 0 Å². The van der Waals surface area contributed by atoms with Gasteiger partial charge in [0.1, 0.15) is 5.01 Å². The Morgan fingerprint density at radius 3 is 2.43 bits per heavy atom. The normalized spacial score (nSPS) is 13.9. The molecule has 0 spiro atoms. The molecule has 3 aromatic rings. The van der Waals surface area contributed by atoms with Crippen LogP contribution < -0.4 is 10.0 Å². The molecule has 9 heteroatoms. The second-order valence-corrected chi connectivity index (χ2v) is 10.0. The number of sulfonamides is 1. The number of hydrogen-bond acceptors (Lipinski definition) is 6. The van der Waals surface area contributed by atoms with E-state index in [4.69, 9.17) is 0 Å². The molecule has 1 aromatic heterocycles. The van der Waals surface area contributed by atoms with Gasteiger partial charge in [-0.05, 0) is 42.5 Å². The zero-order chi connectivity index (χ0) is 21.0. The molecule has 1 aliphatic rings. The number of nitrogens with one attached hydrogen (secondary N) is 2. The average Bonchev–Trinajstić information content (AvgIpc) is 3.44. The number of benzene rings is 2. The number of aromatic nitrogens is 2. The molecule has 1 fully saturated rings. The van der Waals surface area contributed by atoms with Crippen LogP contribution in [0.3, 0.4) is 0 Å². The number of carbonyl (C=O) groups excluding carboxylic acids is 1. The second-order valence-electron chi connectivity index (χ2n) is 7.25. The largest absolute Gasteiger partial charge is 0.301 e. The molecule has 30 heavy (non-hydrogen) atoms. The molecule has 4 rings (SSSR count). The standard InChI is InChI=1S/C21H22N4O3S2/c26-19(22-21-24-23-20(29-21)14-16-4-2-1-3-5-16)13-8-15-6-11-18(12-7-15)30(27,28)25-17-9-10-17/h1-7,11-12,17,25H,8-10,13-14H2,(H,22,24,26). The highest BCUT2D eigenvalue weighted by Gasteiger charge is 2.27. The van der Waals surface area contributed by atoms with E-state index < -0.39 is 10.0 Å². The first-order valence-corrected chi connectivity index (χ1v) is 12.1. The van der Waals surface area contributed by atoms with E-state index in [1.807, 2.05) is 30.3 Å². The predicted molar refractivity (Wildman–Crippen MR) is 116 cm³/mol. The first kappa shape index (κ1) is 20.6. The van der Waals surface area contributed by atoms with Crippen molar-refractivity contribution >= 4 is 32.4 Å². The van der Waals surface area contributed by atoms with Crippen LogP contribution in [0.4, 0.5) is 5.13 Å². The summed E-state index contributed by atoms with van der Waals surface area (Å²) in [7, 11) is -3.45. The maximum atomic E-state index is 12.2. The third-order valence-electron chi connectivity index (χ3n) is 4.68. The molecule has 1 aliphatic carbocycles. The lowest BCUT2D eigenvalue weighted by molar-refractivity contribution is -0.116. The first-order chi connectivity index (χ1) is 14.5. The van der Waals surface area contributed by atoms with Crippen molar-refractivity contribution in [2.75, 3.05) is 5.32 Å². The molecule has 0 radical (unpaired) electrons. The van der Waals surface area contributed by atoms with E-state index in [9.17, 15) is 13.2 Å². The van der Waals surface area contributed by atoms with Crippen molar-refractivity contribution in [1.29, 1.82) is 0 Å². The maximum absolute atomic E-state index is 12.2. The fraction of sp³-hybridized carbons (Fsp3) is 0.286. The Balaban J connectivity index is 1.26. The van der Waals surface area contributed by atoms with Crippen LogP contribution in [-0.2, 0) is 27.7 Å². The van der Waals surface area contributed by atoms with Gasteiger partial charge in [-0.3, -0.25) is 4.79 Å². The minimum atomic E-state index is -3.45. The molecule has 1 saturated carbocycles. The zero-order valence-electron chi connectivity index (χ0n) is 16.2. The molecule has 1 heterocycles. The second kappa shape index (κ2) is 9.03. The van der Waals surface area contributed by atoms with E-state index in [0.717, 1.165) is 29.0 Å². The van der Waals surface area contributed by atoms with E-state index in [2.05, 4.69) is 20.2 Å². The number of nitrogens with zero attached hydrogens (tertiary/aromatic N) is 2. The summed E-state index contributed by atoms with van der Waals surface area (Å²) in [5.41, 5.74) is 2.04. The van der Waals surface area contributed by atoms with E-state index in [-0.39, 0.29) is 23.3 Å². The van der Waals surface area contributed by atoms with Crippen LogP contribution in [0.15, 0.2) is 59.5 Å². The van der Waals surface area contributed by atoms with Gasteiger partial charge in [0.15, 0.2) is 0 Å². The van der Waals surface area contributed by atoms with Gasteiger partial charge in [0.25, 0.3) is 0 Å². The summed E-state index contributed by atoms with van der Waals surface area (Å²) in [5, 5.41) is 12.3. The van der Waals surface area contributed by atoms with Gasteiger partial charge >= 0.3 is 0 Å². The quantitative estimate of drug-likeness (QED) is 0.530. The minimum Gasteiger partial charge on any atom is -0.301 e. The third kappa shape index (κ3) is 5.71. The molecule has 1 amide bonds.